The fraction of sp³-hybridized carbons (Fsp3) is 0.250. The van der Waals surface area contributed by atoms with E-state index in [1.165, 1.54) is 0 Å². The fourth-order valence-electron chi connectivity index (χ4n) is 1.44. The van der Waals surface area contributed by atoms with Gasteiger partial charge < -0.3 is 5.11 Å². The molecule has 0 aliphatic rings. The topological polar surface area (TPSA) is 74.7 Å². The third kappa shape index (κ3) is 3.10. The summed E-state index contributed by atoms with van der Waals surface area (Å²) in [4.78, 5) is 10.1. The lowest BCUT2D eigenvalue weighted by Crippen LogP contribution is -2.32. The van der Waals surface area contributed by atoms with E-state index in [2.05, 4.69) is 5.92 Å². The minimum Gasteiger partial charge on any atom is -0.478 e. The molecule has 0 radical (unpaired) electrons. The number of sulfonamides is 1. The largest absolute Gasteiger partial charge is 0.478 e. The Balaban J connectivity index is 3.39. The van der Waals surface area contributed by atoms with Gasteiger partial charge in [0, 0.05) is 6.54 Å². The van der Waals surface area contributed by atoms with Crippen molar-refractivity contribution in [2.75, 3.05) is 13.1 Å². The number of carbonyl (C=O) groups is 1. The number of aromatic carboxylic acids is 1. The van der Waals surface area contributed by atoms with Gasteiger partial charge in [0.15, 0.2) is 0 Å². The molecule has 0 aliphatic heterocycles. The van der Waals surface area contributed by atoms with E-state index in [0.717, 1.165) is 22.5 Å². The molecule has 102 valence electrons. The summed E-state index contributed by atoms with van der Waals surface area (Å²) in [6.45, 7) is 1.40. The lowest BCUT2D eigenvalue weighted by molar-refractivity contribution is 0.0696. The van der Waals surface area contributed by atoms with E-state index in [-0.39, 0.29) is 18.7 Å². The average molecular weight is 285 g/mol. The van der Waals surface area contributed by atoms with Crippen LogP contribution in [-0.2, 0) is 10.0 Å². The number of benzene rings is 1. The summed E-state index contributed by atoms with van der Waals surface area (Å²) in [5.74, 6) is -0.191. The van der Waals surface area contributed by atoms with Gasteiger partial charge in [-0.2, -0.15) is 4.31 Å². The summed E-state index contributed by atoms with van der Waals surface area (Å²) in [6.07, 6.45) is 5.05. The first-order valence-corrected chi connectivity index (χ1v) is 6.75. The standard InChI is InChI=1S/C12H12FNO4S/c1-3-7-14(4-2)19(17,18)11-8-9(12(15)16)5-6-10(11)13/h1,5-6,8H,4,7H2,2H3,(H,15,16). The zero-order valence-corrected chi connectivity index (χ0v) is 10.9. The molecular formula is C12H12FNO4S. The Morgan fingerprint density at radius 1 is 1.53 bits per heavy atom. The first kappa shape index (κ1) is 15.1. The first-order valence-electron chi connectivity index (χ1n) is 5.31. The summed E-state index contributed by atoms with van der Waals surface area (Å²) < 4.78 is 38.8. The Kier molecular flexibility index (Phi) is 4.64. The zero-order valence-electron chi connectivity index (χ0n) is 10.1. The van der Waals surface area contributed by atoms with Crippen molar-refractivity contribution in [2.45, 2.75) is 11.8 Å². The Hall–Kier alpha value is -1.91. The summed E-state index contributed by atoms with van der Waals surface area (Å²) >= 11 is 0. The fourth-order valence-corrected chi connectivity index (χ4v) is 2.89. The number of carboxylic acids is 1. The van der Waals surface area contributed by atoms with Crippen LogP contribution in [0.4, 0.5) is 4.39 Å². The highest BCUT2D eigenvalue weighted by atomic mass is 32.2. The number of terminal acetylenes is 1. The van der Waals surface area contributed by atoms with Crippen molar-refractivity contribution in [3.63, 3.8) is 0 Å². The molecule has 1 rings (SSSR count). The molecule has 1 aromatic carbocycles. The van der Waals surface area contributed by atoms with Crippen LogP contribution in [0.5, 0.6) is 0 Å². The van der Waals surface area contributed by atoms with Crippen LogP contribution in [-0.4, -0.2) is 36.9 Å². The van der Waals surface area contributed by atoms with Crippen molar-refractivity contribution >= 4 is 16.0 Å². The van der Waals surface area contributed by atoms with Gasteiger partial charge in [0.05, 0.1) is 12.1 Å². The van der Waals surface area contributed by atoms with Crippen molar-refractivity contribution in [1.82, 2.24) is 4.31 Å². The number of carboxylic acid groups (broad SMARTS) is 1. The molecule has 0 heterocycles. The Bertz CT molecular complexity index is 634. The van der Waals surface area contributed by atoms with Gasteiger partial charge in [-0.25, -0.2) is 17.6 Å². The van der Waals surface area contributed by atoms with Crippen molar-refractivity contribution in [1.29, 1.82) is 0 Å². The molecule has 0 unspecified atom stereocenters. The summed E-state index contributed by atoms with van der Waals surface area (Å²) in [5, 5.41) is 8.80. The normalized spacial score (nSPS) is 11.3. The van der Waals surface area contributed by atoms with Crippen molar-refractivity contribution in [3.8, 4) is 12.3 Å². The van der Waals surface area contributed by atoms with E-state index in [1.807, 2.05) is 0 Å². The minimum absolute atomic E-state index is 0.0588. The highest BCUT2D eigenvalue weighted by molar-refractivity contribution is 7.89. The number of halogens is 1. The van der Waals surface area contributed by atoms with Crippen LogP contribution < -0.4 is 0 Å². The highest BCUT2D eigenvalue weighted by Crippen LogP contribution is 2.20. The maximum absolute atomic E-state index is 13.6. The Labute approximate surface area is 110 Å². The second-order valence-corrected chi connectivity index (χ2v) is 5.49. The van der Waals surface area contributed by atoms with E-state index in [4.69, 9.17) is 11.5 Å². The molecule has 1 N–H and O–H groups in total. The van der Waals surface area contributed by atoms with E-state index in [1.54, 1.807) is 6.92 Å². The van der Waals surface area contributed by atoms with E-state index >= 15 is 0 Å². The third-order valence-corrected chi connectivity index (χ3v) is 4.35. The lowest BCUT2D eigenvalue weighted by atomic mass is 10.2. The van der Waals surface area contributed by atoms with Crippen molar-refractivity contribution < 1.29 is 22.7 Å². The van der Waals surface area contributed by atoms with Crippen LogP contribution in [0, 0.1) is 18.2 Å². The zero-order chi connectivity index (χ0) is 14.6. The number of nitrogens with zero attached hydrogens (tertiary/aromatic N) is 1. The van der Waals surface area contributed by atoms with Crippen LogP contribution in [0.2, 0.25) is 0 Å². The molecule has 0 bridgehead atoms. The minimum atomic E-state index is -4.15. The third-order valence-electron chi connectivity index (χ3n) is 2.42. The smallest absolute Gasteiger partial charge is 0.335 e. The summed E-state index contributed by atoms with van der Waals surface area (Å²) in [6, 6.07) is 2.58. The summed E-state index contributed by atoms with van der Waals surface area (Å²) in [7, 11) is -4.15. The molecule has 0 saturated carbocycles. The second-order valence-electron chi connectivity index (χ2n) is 3.59. The monoisotopic (exact) mass is 285 g/mol. The van der Waals surface area contributed by atoms with Crippen LogP contribution in [0.15, 0.2) is 23.1 Å². The molecule has 0 saturated heterocycles. The van der Waals surface area contributed by atoms with E-state index < -0.39 is 26.7 Å². The molecule has 0 amide bonds. The Morgan fingerprint density at radius 2 is 2.16 bits per heavy atom. The molecule has 0 fully saturated rings. The molecule has 1 aromatic rings. The molecule has 0 atom stereocenters. The second kappa shape index (κ2) is 5.82. The van der Waals surface area contributed by atoms with Gasteiger partial charge >= 0.3 is 5.97 Å². The molecule has 0 spiro atoms. The predicted molar refractivity (Wildman–Crippen MR) is 66.6 cm³/mol. The molecule has 0 aliphatic carbocycles. The summed E-state index contributed by atoms with van der Waals surface area (Å²) in [5.41, 5.74) is -0.309. The molecule has 5 nitrogen and oxygen atoms in total. The SMILES string of the molecule is C#CCN(CC)S(=O)(=O)c1cc(C(=O)O)ccc1F. The van der Waals surface area contributed by atoms with Gasteiger partial charge in [-0.05, 0) is 18.2 Å². The predicted octanol–water partition coefficient (Wildman–Crippen LogP) is 1.17. The molecule has 0 aromatic heterocycles. The maximum Gasteiger partial charge on any atom is 0.335 e. The van der Waals surface area contributed by atoms with Crippen LogP contribution in [0.25, 0.3) is 0 Å². The van der Waals surface area contributed by atoms with Gasteiger partial charge in [0.1, 0.15) is 10.7 Å². The van der Waals surface area contributed by atoms with Gasteiger partial charge in [0.2, 0.25) is 10.0 Å². The number of hydrogen-bond acceptors (Lipinski definition) is 3. The maximum atomic E-state index is 13.6. The molecule has 7 heteroatoms. The van der Waals surface area contributed by atoms with E-state index in [0.29, 0.717) is 0 Å². The molecule has 19 heavy (non-hydrogen) atoms. The number of hydrogen-bond donors (Lipinski definition) is 1. The van der Waals surface area contributed by atoms with E-state index in [9.17, 15) is 17.6 Å². The van der Waals surface area contributed by atoms with Crippen LogP contribution in [0.1, 0.15) is 17.3 Å². The van der Waals surface area contributed by atoms with Gasteiger partial charge in [0.25, 0.3) is 0 Å². The van der Waals surface area contributed by atoms with Crippen LogP contribution in [0.3, 0.4) is 0 Å². The quantitative estimate of drug-likeness (QED) is 0.824. The van der Waals surface area contributed by atoms with Gasteiger partial charge in [-0.15, -0.1) is 6.42 Å². The molecular weight excluding hydrogens is 273 g/mol. The van der Waals surface area contributed by atoms with Gasteiger partial charge in [-0.1, -0.05) is 12.8 Å². The lowest BCUT2D eigenvalue weighted by Gasteiger charge is -2.18. The van der Waals surface area contributed by atoms with Gasteiger partial charge in [-0.3, -0.25) is 0 Å². The Morgan fingerprint density at radius 3 is 2.63 bits per heavy atom. The first-order chi connectivity index (χ1) is 8.84. The highest BCUT2D eigenvalue weighted by Gasteiger charge is 2.26. The van der Waals surface area contributed by atoms with Crippen molar-refractivity contribution in [2.24, 2.45) is 0 Å². The average Bonchev–Trinajstić information content (AvgIpc) is 2.35. The van der Waals surface area contributed by atoms with Crippen LogP contribution >= 0.6 is 0 Å². The number of rotatable bonds is 5. The van der Waals surface area contributed by atoms with Crippen molar-refractivity contribution in [3.05, 3.63) is 29.6 Å².